The lowest BCUT2D eigenvalue weighted by molar-refractivity contribution is 0.101. The first kappa shape index (κ1) is 15.4. The highest BCUT2D eigenvalue weighted by molar-refractivity contribution is 4.92. The highest BCUT2D eigenvalue weighted by Gasteiger charge is 2.20. The number of nitrogens with one attached hydrogen (secondary N) is 1. The zero-order valence-corrected chi connectivity index (χ0v) is 13.2. The van der Waals surface area contributed by atoms with Crippen molar-refractivity contribution < 1.29 is 0 Å². The topological polar surface area (TPSA) is 49.2 Å². The van der Waals surface area contributed by atoms with Gasteiger partial charge in [-0.05, 0) is 14.0 Å². The van der Waals surface area contributed by atoms with Gasteiger partial charge in [-0.15, -0.1) is 5.10 Å². The maximum absolute atomic E-state index is 4.20. The second-order valence-corrected chi connectivity index (χ2v) is 6.14. The van der Waals surface area contributed by atoms with Crippen molar-refractivity contribution in [1.82, 2.24) is 30.1 Å². The standard InChI is InChI=1S/C14H28N6/c1-12(2)15-9-14-11-20(17-16-14)8-7-19-6-5-18(4)13(3)10-19/h11-13,15H,5-10H2,1-4H3. The second-order valence-electron chi connectivity index (χ2n) is 6.14. The van der Waals surface area contributed by atoms with Gasteiger partial charge in [0.2, 0.25) is 0 Å². The fourth-order valence-corrected chi connectivity index (χ4v) is 2.41. The molecule has 0 bridgehead atoms. The predicted molar refractivity (Wildman–Crippen MR) is 80.5 cm³/mol. The zero-order valence-electron chi connectivity index (χ0n) is 13.2. The van der Waals surface area contributed by atoms with Gasteiger partial charge in [0.05, 0.1) is 12.2 Å². The Labute approximate surface area is 122 Å². The maximum Gasteiger partial charge on any atom is 0.0964 e. The molecule has 1 fully saturated rings. The van der Waals surface area contributed by atoms with E-state index in [9.17, 15) is 0 Å². The molecule has 0 saturated carbocycles. The average molecular weight is 280 g/mol. The van der Waals surface area contributed by atoms with Crippen molar-refractivity contribution in [3.8, 4) is 0 Å². The minimum atomic E-state index is 0.479. The number of piperazine rings is 1. The molecule has 1 aliphatic heterocycles. The minimum Gasteiger partial charge on any atom is -0.309 e. The molecule has 2 heterocycles. The van der Waals surface area contributed by atoms with E-state index >= 15 is 0 Å². The number of nitrogens with zero attached hydrogens (tertiary/aromatic N) is 5. The van der Waals surface area contributed by atoms with E-state index < -0.39 is 0 Å². The van der Waals surface area contributed by atoms with Crippen LogP contribution in [-0.4, -0.2) is 70.1 Å². The number of rotatable bonds is 6. The summed E-state index contributed by atoms with van der Waals surface area (Å²) in [6.45, 7) is 12.8. The summed E-state index contributed by atoms with van der Waals surface area (Å²) in [5.41, 5.74) is 1.02. The lowest BCUT2D eigenvalue weighted by Crippen LogP contribution is -2.50. The molecule has 114 valence electrons. The summed E-state index contributed by atoms with van der Waals surface area (Å²) in [7, 11) is 2.20. The van der Waals surface area contributed by atoms with Crippen molar-refractivity contribution >= 4 is 0 Å². The molecule has 0 radical (unpaired) electrons. The quantitative estimate of drug-likeness (QED) is 0.818. The van der Waals surface area contributed by atoms with Crippen LogP contribution in [-0.2, 0) is 13.1 Å². The van der Waals surface area contributed by atoms with E-state index in [1.165, 1.54) is 0 Å². The fraction of sp³-hybridized carbons (Fsp3) is 0.857. The van der Waals surface area contributed by atoms with Crippen LogP contribution in [0.2, 0.25) is 0 Å². The van der Waals surface area contributed by atoms with Crippen LogP contribution in [0.5, 0.6) is 0 Å². The Hall–Kier alpha value is -0.980. The van der Waals surface area contributed by atoms with Gasteiger partial charge in [-0.2, -0.15) is 0 Å². The molecule has 0 spiro atoms. The summed E-state index contributed by atoms with van der Waals surface area (Å²) in [6.07, 6.45) is 2.05. The number of hydrogen-bond acceptors (Lipinski definition) is 5. The molecule has 0 amide bonds. The van der Waals surface area contributed by atoms with Gasteiger partial charge in [0, 0.05) is 51.0 Å². The molecule has 1 aromatic rings. The largest absolute Gasteiger partial charge is 0.309 e. The highest BCUT2D eigenvalue weighted by atomic mass is 15.4. The van der Waals surface area contributed by atoms with Gasteiger partial charge < -0.3 is 10.2 Å². The normalized spacial score (nSPS) is 21.8. The van der Waals surface area contributed by atoms with E-state index in [-0.39, 0.29) is 0 Å². The van der Waals surface area contributed by atoms with Gasteiger partial charge in [-0.1, -0.05) is 19.1 Å². The summed E-state index contributed by atoms with van der Waals surface area (Å²) in [4.78, 5) is 4.93. The summed E-state index contributed by atoms with van der Waals surface area (Å²) in [5.74, 6) is 0. The van der Waals surface area contributed by atoms with Crippen molar-refractivity contribution in [3.63, 3.8) is 0 Å². The van der Waals surface area contributed by atoms with Crippen molar-refractivity contribution in [2.75, 3.05) is 33.2 Å². The zero-order chi connectivity index (χ0) is 14.5. The first-order valence-electron chi connectivity index (χ1n) is 7.59. The molecule has 1 N–H and O–H groups in total. The van der Waals surface area contributed by atoms with E-state index in [0.717, 1.165) is 45.0 Å². The summed E-state index contributed by atoms with van der Waals surface area (Å²) >= 11 is 0. The third kappa shape index (κ3) is 4.54. The van der Waals surface area contributed by atoms with E-state index in [0.29, 0.717) is 12.1 Å². The lowest BCUT2D eigenvalue weighted by Gasteiger charge is -2.37. The van der Waals surface area contributed by atoms with Gasteiger partial charge in [-0.25, -0.2) is 0 Å². The third-order valence-electron chi connectivity index (χ3n) is 3.97. The third-order valence-corrected chi connectivity index (χ3v) is 3.97. The maximum atomic E-state index is 4.20. The molecule has 0 aliphatic carbocycles. The van der Waals surface area contributed by atoms with Crippen LogP contribution in [0.3, 0.4) is 0 Å². The molecule has 1 aliphatic rings. The van der Waals surface area contributed by atoms with Crippen LogP contribution in [0.4, 0.5) is 0 Å². The Balaban J connectivity index is 1.74. The monoisotopic (exact) mass is 280 g/mol. The molecule has 6 heteroatoms. The van der Waals surface area contributed by atoms with Gasteiger partial charge in [0.1, 0.15) is 0 Å². The molecule has 0 aromatic carbocycles. The van der Waals surface area contributed by atoms with Gasteiger partial charge in [0.15, 0.2) is 0 Å². The molecule has 2 rings (SSSR count). The molecular formula is C14H28N6. The van der Waals surface area contributed by atoms with Crippen molar-refractivity contribution in [3.05, 3.63) is 11.9 Å². The molecule has 1 saturated heterocycles. The summed E-state index contributed by atoms with van der Waals surface area (Å²) in [6, 6.07) is 1.12. The number of hydrogen-bond donors (Lipinski definition) is 1. The van der Waals surface area contributed by atoms with Crippen LogP contribution in [0.1, 0.15) is 26.5 Å². The Bertz CT molecular complexity index is 402. The Kier molecular flexibility index (Phi) is 5.51. The molecule has 6 nitrogen and oxygen atoms in total. The predicted octanol–water partition coefficient (Wildman–Crippen LogP) is 0.412. The van der Waals surface area contributed by atoms with Crippen molar-refractivity contribution in [1.29, 1.82) is 0 Å². The fourth-order valence-electron chi connectivity index (χ4n) is 2.41. The first-order chi connectivity index (χ1) is 9.54. The van der Waals surface area contributed by atoms with Crippen LogP contribution < -0.4 is 5.32 Å². The van der Waals surface area contributed by atoms with Crippen LogP contribution in [0.15, 0.2) is 6.20 Å². The van der Waals surface area contributed by atoms with Gasteiger partial charge in [-0.3, -0.25) is 9.58 Å². The second kappa shape index (κ2) is 7.15. The SMILES string of the molecule is CC(C)NCc1cn(CCN2CCN(C)C(C)C2)nn1. The minimum absolute atomic E-state index is 0.479. The van der Waals surface area contributed by atoms with E-state index in [4.69, 9.17) is 0 Å². The first-order valence-corrected chi connectivity index (χ1v) is 7.59. The van der Waals surface area contributed by atoms with E-state index in [1.54, 1.807) is 0 Å². The lowest BCUT2D eigenvalue weighted by atomic mass is 10.2. The Morgan fingerprint density at radius 1 is 1.35 bits per heavy atom. The van der Waals surface area contributed by atoms with Crippen LogP contribution in [0, 0.1) is 0 Å². The van der Waals surface area contributed by atoms with Crippen molar-refractivity contribution in [2.24, 2.45) is 0 Å². The van der Waals surface area contributed by atoms with Crippen molar-refractivity contribution in [2.45, 2.75) is 45.9 Å². The molecule has 1 aromatic heterocycles. The molecule has 1 atom stereocenters. The van der Waals surface area contributed by atoms with Gasteiger partial charge >= 0.3 is 0 Å². The highest BCUT2D eigenvalue weighted by Crippen LogP contribution is 2.06. The summed E-state index contributed by atoms with van der Waals surface area (Å²) in [5, 5.41) is 11.8. The Morgan fingerprint density at radius 2 is 2.15 bits per heavy atom. The summed E-state index contributed by atoms with van der Waals surface area (Å²) < 4.78 is 1.96. The molecule has 20 heavy (non-hydrogen) atoms. The number of likely N-dealkylation sites (N-methyl/N-ethyl adjacent to an activating group) is 1. The molecular weight excluding hydrogens is 252 g/mol. The van der Waals surface area contributed by atoms with Crippen LogP contribution >= 0.6 is 0 Å². The van der Waals surface area contributed by atoms with Gasteiger partial charge in [0.25, 0.3) is 0 Å². The number of aromatic nitrogens is 3. The van der Waals surface area contributed by atoms with Crippen LogP contribution in [0.25, 0.3) is 0 Å². The Morgan fingerprint density at radius 3 is 2.85 bits per heavy atom. The molecule has 1 unspecified atom stereocenters. The smallest absolute Gasteiger partial charge is 0.0964 e. The van der Waals surface area contributed by atoms with E-state index in [1.807, 2.05) is 4.68 Å². The van der Waals surface area contributed by atoms with E-state index in [2.05, 4.69) is 59.4 Å². The average Bonchev–Trinajstić information content (AvgIpc) is 2.86.